The first-order chi connectivity index (χ1) is 9.96. The Hall–Kier alpha value is -2.14. The fourth-order valence-corrected chi connectivity index (χ4v) is 2.45. The van der Waals surface area contributed by atoms with Crippen molar-refractivity contribution in [2.24, 2.45) is 0 Å². The van der Waals surface area contributed by atoms with Gasteiger partial charge in [0.15, 0.2) is 0 Å². The molecule has 0 saturated carbocycles. The first kappa shape index (κ1) is 15.3. The zero-order valence-electron chi connectivity index (χ0n) is 11.7. The van der Waals surface area contributed by atoms with Crippen LogP contribution in [0, 0.1) is 0 Å². The van der Waals surface area contributed by atoms with E-state index in [1.54, 1.807) is 6.08 Å². The number of hydrogen-bond donors (Lipinski definition) is 1. The normalized spacial score (nSPS) is 11.9. The summed E-state index contributed by atoms with van der Waals surface area (Å²) in [4.78, 5) is 11.6. The number of nitrogens with one attached hydrogen (secondary N) is 1. The van der Waals surface area contributed by atoms with Gasteiger partial charge in [0, 0.05) is 18.9 Å². The highest BCUT2D eigenvalue weighted by Crippen LogP contribution is 2.19. The number of carbonyl (C=O) groups excluding carboxylic acids is 1. The second-order valence-corrected chi connectivity index (χ2v) is 7.08. The summed E-state index contributed by atoms with van der Waals surface area (Å²) < 4.78 is 21.9. The zero-order chi connectivity index (χ0) is 15.3. The molecule has 2 aromatic rings. The number of fused-ring (bicyclic) bond motifs is 1. The third-order valence-corrected chi connectivity index (χ3v) is 3.96. The molecule has 110 valence electrons. The minimum absolute atomic E-state index is 0.0547. The summed E-state index contributed by atoms with van der Waals surface area (Å²) in [5, 5.41) is 4.73. The van der Waals surface area contributed by atoms with E-state index in [-0.39, 0.29) is 18.2 Å². The zero-order valence-corrected chi connectivity index (χ0v) is 12.6. The van der Waals surface area contributed by atoms with E-state index >= 15 is 0 Å². The summed E-state index contributed by atoms with van der Waals surface area (Å²) in [5.41, 5.74) is 0.950. The fourth-order valence-electron chi connectivity index (χ4n) is 1.98. The van der Waals surface area contributed by atoms with Gasteiger partial charge in [-0.2, -0.15) is 0 Å². The summed E-state index contributed by atoms with van der Waals surface area (Å²) in [6.07, 6.45) is 4.30. The van der Waals surface area contributed by atoms with Crippen LogP contribution in [-0.2, 0) is 14.6 Å². The van der Waals surface area contributed by atoms with Gasteiger partial charge in [-0.15, -0.1) is 0 Å². The molecule has 0 unspecified atom stereocenters. The molecule has 0 spiro atoms. The van der Waals surface area contributed by atoms with E-state index < -0.39 is 9.84 Å². The molecule has 0 saturated heterocycles. The molecule has 2 aromatic carbocycles. The molecule has 1 amide bonds. The number of hydrogen-bond acceptors (Lipinski definition) is 3. The molecule has 4 nitrogen and oxygen atoms in total. The summed E-state index contributed by atoms with van der Waals surface area (Å²) in [7, 11) is -3.05. The van der Waals surface area contributed by atoms with Crippen LogP contribution >= 0.6 is 0 Å². The second-order valence-electron chi connectivity index (χ2n) is 4.82. The van der Waals surface area contributed by atoms with E-state index in [9.17, 15) is 13.2 Å². The molecule has 2 rings (SSSR count). The average molecular weight is 303 g/mol. The highest BCUT2D eigenvalue weighted by molar-refractivity contribution is 7.90. The van der Waals surface area contributed by atoms with Crippen molar-refractivity contribution < 1.29 is 13.2 Å². The Bertz CT molecular complexity index is 774. The smallest absolute Gasteiger partial charge is 0.244 e. The van der Waals surface area contributed by atoms with E-state index in [1.807, 2.05) is 42.5 Å². The lowest BCUT2D eigenvalue weighted by molar-refractivity contribution is -0.116. The summed E-state index contributed by atoms with van der Waals surface area (Å²) >= 11 is 0. The largest absolute Gasteiger partial charge is 0.352 e. The summed E-state index contributed by atoms with van der Waals surface area (Å²) in [6.45, 7) is 0.123. The van der Waals surface area contributed by atoms with Gasteiger partial charge in [0.2, 0.25) is 5.91 Å². The molecular weight excluding hydrogens is 286 g/mol. The van der Waals surface area contributed by atoms with Crippen LogP contribution in [-0.4, -0.2) is 32.9 Å². The summed E-state index contributed by atoms with van der Waals surface area (Å²) in [6, 6.07) is 13.8. The van der Waals surface area contributed by atoms with Gasteiger partial charge >= 0.3 is 0 Å². The lowest BCUT2D eigenvalue weighted by Gasteiger charge is -2.02. The van der Waals surface area contributed by atoms with Crippen LogP contribution in [0.2, 0.25) is 0 Å². The SMILES string of the molecule is CS(=O)(=O)CCNC(=O)/C=C/c1cccc2ccccc12. The van der Waals surface area contributed by atoms with Crippen LogP contribution in [0.1, 0.15) is 5.56 Å². The molecule has 0 aliphatic carbocycles. The molecular formula is C16H17NO3S. The van der Waals surface area contributed by atoms with Crippen molar-refractivity contribution in [2.45, 2.75) is 0 Å². The molecule has 0 radical (unpaired) electrons. The highest BCUT2D eigenvalue weighted by Gasteiger charge is 2.03. The first-order valence-corrected chi connectivity index (χ1v) is 8.63. The van der Waals surface area contributed by atoms with Gasteiger partial charge in [-0.05, 0) is 22.4 Å². The van der Waals surface area contributed by atoms with Crippen molar-refractivity contribution >= 4 is 32.6 Å². The van der Waals surface area contributed by atoms with Crippen LogP contribution in [0.3, 0.4) is 0 Å². The van der Waals surface area contributed by atoms with Crippen LogP contribution in [0.25, 0.3) is 16.8 Å². The van der Waals surface area contributed by atoms with Crippen molar-refractivity contribution in [1.29, 1.82) is 0 Å². The van der Waals surface area contributed by atoms with Gasteiger partial charge < -0.3 is 5.32 Å². The molecule has 0 atom stereocenters. The van der Waals surface area contributed by atoms with E-state index in [2.05, 4.69) is 5.32 Å². The number of amides is 1. The lowest BCUT2D eigenvalue weighted by Crippen LogP contribution is -2.27. The van der Waals surface area contributed by atoms with Gasteiger partial charge in [-0.1, -0.05) is 42.5 Å². The maximum absolute atomic E-state index is 11.6. The van der Waals surface area contributed by atoms with Gasteiger partial charge in [-0.3, -0.25) is 4.79 Å². The Morgan fingerprint density at radius 1 is 1.14 bits per heavy atom. The molecule has 21 heavy (non-hydrogen) atoms. The molecule has 5 heteroatoms. The standard InChI is InChI=1S/C16H17NO3S/c1-21(19,20)12-11-17-16(18)10-9-14-7-4-6-13-5-2-3-8-15(13)14/h2-10H,11-12H2,1H3,(H,17,18)/b10-9+. The molecule has 0 heterocycles. The lowest BCUT2D eigenvalue weighted by atomic mass is 10.0. The Labute approximate surface area is 124 Å². The van der Waals surface area contributed by atoms with Crippen LogP contribution < -0.4 is 5.32 Å². The Kier molecular flexibility index (Phi) is 4.75. The Balaban J connectivity index is 2.04. The van der Waals surface area contributed by atoms with Crippen molar-refractivity contribution in [3.8, 4) is 0 Å². The predicted molar refractivity (Wildman–Crippen MR) is 85.7 cm³/mol. The molecule has 0 aliphatic heterocycles. The monoisotopic (exact) mass is 303 g/mol. The molecule has 1 N–H and O–H groups in total. The van der Waals surface area contributed by atoms with Gasteiger partial charge in [0.05, 0.1) is 5.75 Å². The van der Waals surface area contributed by atoms with Gasteiger partial charge in [0.1, 0.15) is 9.84 Å². The van der Waals surface area contributed by atoms with E-state index in [4.69, 9.17) is 0 Å². The van der Waals surface area contributed by atoms with Crippen molar-refractivity contribution in [3.05, 3.63) is 54.1 Å². The maximum Gasteiger partial charge on any atom is 0.244 e. The average Bonchev–Trinajstić information content (AvgIpc) is 2.43. The minimum Gasteiger partial charge on any atom is -0.352 e. The molecule has 0 bridgehead atoms. The third kappa shape index (κ3) is 4.72. The minimum atomic E-state index is -3.05. The topological polar surface area (TPSA) is 63.2 Å². The Morgan fingerprint density at radius 3 is 2.62 bits per heavy atom. The summed E-state index contributed by atoms with van der Waals surface area (Å²) in [5.74, 6) is -0.354. The van der Waals surface area contributed by atoms with Crippen LogP contribution in [0.4, 0.5) is 0 Å². The maximum atomic E-state index is 11.6. The van der Waals surface area contributed by atoms with Gasteiger partial charge in [0.25, 0.3) is 0 Å². The van der Waals surface area contributed by atoms with Gasteiger partial charge in [-0.25, -0.2) is 8.42 Å². The predicted octanol–water partition coefficient (Wildman–Crippen LogP) is 2.01. The third-order valence-electron chi connectivity index (χ3n) is 3.01. The quantitative estimate of drug-likeness (QED) is 0.860. The van der Waals surface area contributed by atoms with Crippen LogP contribution in [0.5, 0.6) is 0 Å². The molecule has 0 fully saturated rings. The molecule has 0 aromatic heterocycles. The molecule has 0 aliphatic rings. The van der Waals surface area contributed by atoms with E-state index in [0.29, 0.717) is 0 Å². The van der Waals surface area contributed by atoms with Crippen molar-refractivity contribution in [1.82, 2.24) is 5.32 Å². The Morgan fingerprint density at radius 2 is 1.86 bits per heavy atom. The highest BCUT2D eigenvalue weighted by atomic mass is 32.2. The van der Waals surface area contributed by atoms with Crippen molar-refractivity contribution in [3.63, 3.8) is 0 Å². The van der Waals surface area contributed by atoms with E-state index in [1.165, 1.54) is 6.08 Å². The van der Waals surface area contributed by atoms with Crippen LogP contribution in [0.15, 0.2) is 48.5 Å². The number of rotatable bonds is 5. The number of carbonyl (C=O) groups is 1. The first-order valence-electron chi connectivity index (χ1n) is 6.57. The second kappa shape index (κ2) is 6.54. The van der Waals surface area contributed by atoms with Crippen molar-refractivity contribution in [2.75, 3.05) is 18.6 Å². The fraction of sp³-hybridized carbons (Fsp3) is 0.188. The van der Waals surface area contributed by atoms with E-state index in [0.717, 1.165) is 22.6 Å². The number of sulfone groups is 1. The number of benzene rings is 2.